The van der Waals surface area contributed by atoms with Crippen LogP contribution in [0.25, 0.3) is 11.1 Å². The van der Waals surface area contributed by atoms with E-state index in [1.807, 2.05) is 36.4 Å². The second kappa shape index (κ2) is 10.1. The molecule has 0 unspecified atom stereocenters. The topological polar surface area (TPSA) is 58.8 Å². The Kier molecular flexibility index (Phi) is 6.37. The van der Waals surface area contributed by atoms with Crippen molar-refractivity contribution >= 4 is 17.3 Å². The fraction of sp³-hybridized carbons (Fsp3) is 0.219. The number of piperidine rings is 1. The molecule has 0 radical (unpaired) electrons. The summed E-state index contributed by atoms with van der Waals surface area (Å²) in [7, 11) is 0. The van der Waals surface area contributed by atoms with E-state index < -0.39 is 0 Å². The van der Waals surface area contributed by atoms with Gasteiger partial charge in [-0.3, -0.25) is 9.69 Å². The molecule has 5 nitrogen and oxygen atoms in total. The number of rotatable bonds is 6. The summed E-state index contributed by atoms with van der Waals surface area (Å²) in [5.41, 5.74) is 12.1. The molecule has 1 saturated heterocycles. The fourth-order valence-electron chi connectivity index (χ4n) is 5.67. The van der Waals surface area contributed by atoms with Gasteiger partial charge in [-0.2, -0.15) is 0 Å². The van der Waals surface area contributed by atoms with Crippen molar-refractivity contribution in [2.45, 2.75) is 31.8 Å². The van der Waals surface area contributed by atoms with E-state index in [0.29, 0.717) is 6.04 Å². The number of para-hydroxylation sites is 2. The number of primary amides is 1. The molecule has 4 aromatic carbocycles. The van der Waals surface area contributed by atoms with Crippen LogP contribution in [0.15, 0.2) is 97.1 Å². The Labute approximate surface area is 218 Å². The van der Waals surface area contributed by atoms with E-state index in [-0.39, 0.29) is 12.3 Å². The molecule has 4 aromatic rings. The van der Waals surface area contributed by atoms with E-state index >= 15 is 0 Å². The Balaban J connectivity index is 1.29. The molecule has 0 aliphatic carbocycles. The van der Waals surface area contributed by atoms with Gasteiger partial charge in [0, 0.05) is 25.7 Å². The van der Waals surface area contributed by atoms with Crippen molar-refractivity contribution in [2.24, 2.45) is 5.73 Å². The van der Waals surface area contributed by atoms with Crippen LogP contribution in [0.3, 0.4) is 0 Å². The summed E-state index contributed by atoms with van der Waals surface area (Å²) in [6.45, 7) is 3.12. The number of amides is 1. The summed E-state index contributed by atoms with van der Waals surface area (Å²) in [4.78, 5) is 16.7. The summed E-state index contributed by atoms with van der Waals surface area (Å²) in [5, 5.41) is 0. The molecule has 186 valence electrons. The Morgan fingerprint density at radius 1 is 0.811 bits per heavy atom. The molecule has 2 aliphatic heterocycles. The lowest BCUT2D eigenvalue weighted by atomic mass is 9.95. The highest BCUT2D eigenvalue weighted by Gasteiger charge is 2.32. The molecule has 0 bridgehead atoms. The first kappa shape index (κ1) is 23.3. The molecule has 5 heteroatoms. The minimum absolute atomic E-state index is 0.213. The number of carbonyl (C=O) groups excluding carboxylic acids is 1. The van der Waals surface area contributed by atoms with Crippen molar-refractivity contribution in [2.75, 3.05) is 18.0 Å². The lowest BCUT2D eigenvalue weighted by Crippen LogP contribution is -2.43. The van der Waals surface area contributed by atoms with E-state index in [2.05, 4.69) is 70.5 Å². The molecule has 2 N–H and O–H groups in total. The standard InChI is InChI=1S/C32H31N3O2/c33-32(36)21-24-10-4-5-11-27(24)25-14-15-29-31(20-25)37-30-13-7-6-12-28(30)35(29)26-16-18-34(19-17-26)22-23-8-2-1-3-9-23/h1-15,20,26H,16-19,21-22H2,(H2,33,36). The quantitative estimate of drug-likeness (QED) is 0.346. The van der Waals surface area contributed by atoms with Gasteiger partial charge in [-0.25, -0.2) is 0 Å². The normalized spacial score (nSPS) is 15.5. The van der Waals surface area contributed by atoms with E-state index in [4.69, 9.17) is 10.5 Å². The van der Waals surface area contributed by atoms with Crippen LogP contribution < -0.4 is 15.4 Å². The number of likely N-dealkylation sites (tertiary alicyclic amines) is 1. The minimum atomic E-state index is -0.333. The predicted octanol–water partition coefficient (Wildman–Crippen LogP) is 6.29. The zero-order valence-corrected chi connectivity index (χ0v) is 20.8. The van der Waals surface area contributed by atoms with Gasteiger partial charge >= 0.3 is 0 Å². The number of anilines is 2. The Morgan fingerprint density at radius 2 is 1.51 bits per heavy atom. The van der Waals surface area contributed by atoms with Crippen LogP contribution in [-0.2, 0) is 17.8 Å². The van der Waals surface area contributed by atoms with E-state index in [9.17, 15) is 4.79 Å². The summed E-state index contributed by atoms with van der Waals surface area (Å²) in [6, 6.07) is 33.8. The molecule has 2 aliphatic rings. The third kappa shape index (κ3) is 4.83. The second-order valence-corrected chi connectivity index (χ2v) is 9.92. The number of ether oxygens (including phenoxy) is 1. The van der Waals surface area contributed by atoms with Crippen molar-refractivity contribution in [1.82, 2.24) is 4.90 Å². The maximum absolute atomic E-state index is 11.7. The van der Waals surface area contributed by atoms with Crippen LogP contribution in [0.1, 0.15) is 24.0 Å². The first-order chi connectivity index (χ1) is 18.2. The summed E-state index contributed by atoms with van der Waals surface area (Å²) in [5.74, 6) is 1.39. The first-order valence-corrected chi connectivity index (χ1v) is 13.0. The van der Waals surface area contributed by atoms with E-state index in [1.165, 1.54) is 5.56 Å². The third-order valence-corrected chi connectivity index (χ3v) is 7.43. The molecule has 1 fully saturated rings. The average Bonchev–Trinajstić information content (AvgIpc) is 2.92. The van der Waals surface area contributed by atoms with Gasteiger partial charge < -0.3 is 15.4 Å². The fourth-order valence-corrected chi connectivity index (χ4v) is 5.67. The lowest BCUT2D eigenvalue weighted by Gasteiger charge is -2.42. The number of benzene rings is 4. The van der Waals surface area contributed by atoms with Gasteiger partial charge in [0.1, 0.15) is 0 Å². The van der Waals surface area contributed by atoms with Crippen LogP contribution in [0.4, 0.5) is 11.4 Å². The molecule has 1 amide bonds. The molecule has 0 aromatic heterocycles. The number of nitrogens with zero attached hydrogens (tertiary/aromatic N) is 2. The maximum Gasteiger partial charge on any atom is 0.221 e. The Morgan fingerprint density at radius 3 is 2.32 bits per heavy atom. The Bertz CT molecular complexity index is 1410. The summed E-state index contributed by atoms with van der Waals surface area (Å²) >= 11 is 0. The summed E-state index contributed by atoms with van der Waals surface area (Å²) < 4.78 is 6.44. The smallest absolute Gasteiger partial charge is 0.221 e. The zero-order chi connectivity index (χ0) is 25.2. The van der Waals surface area contributed by atoms with Gasteiger partial charge in [-0.1, -0.05) is 72.8 Å². The molecular formula is C32H31N3O2. The highest BCUT2D eigenvalue weighted by Crippen LogP contribution is 2.50. The van der Waals surface area contributed by atoms with Crippen molar-refractivity contribution in [3.05, 3.63) is 108 Å². The highest BCUT2D eigenvalue weighted by atomic mass is 16.5. The van der Waals surface area contributed by atoms with Gasteiger partial charge in [-0.05, 0) is 59.4 Å². The van der Waals surface area contributed by atoms with Gasteiger partial charge in [0.15, 0.2) is 11.5 Å². The molecule has 37 heavy (non-hydrogen) atoms. The predicted molar refractivity (Wildman–Crippen MR) is 148 cm³/mol. The number of hydrogen-bond donors (Lipinski definition) is 1. The van der Waals surface area contributed by atoms with E-state index in [1.54, 1.807) is 0 Å². The van der Waals surface area contributed by atoms with Crippen LogP contribution >= 0.6 is 0 Å². The van der Waals surface area contributed by atoms with Crippen LogP contribution in [0.2, 0.25) is 0 Å². The van der Waals surface area contributed by atoms with Crippen molar-refractivity contribution < 1.29 is 9.53 Å². The molecule has 2 heterocycles. The number of hydrogen-bond acceptors (Lipinski definition) is 4. The van der Waals surface area contributed by atoms with Crippen molar-refractivity contribution in [1.29, 1.82) is 0 Å². The van der Waals surface area contributed by atoms with Gasteiger partial charge in [0.2, 0.25) is 5.91 Å². The SMILES string of the molecule is NC(=O)Cc1ccccc1-c1ccc2c(c1)Oc1ccccc1N2C1CCN(Cc2ccccc2)CC1. The van der Waals surface area contributed by atoms with Gasteiger partial charge in [0.05, 0.1) is 17.8 Å². The Hall–Kier alpha value is -4.09. The van der Waals surface area contributed by atoms with Crippen LogP contribution in [0.5, 0.6) is 11.5 Å². The average molecular weight is 490 g/mol. The second-order valence-electron chi connectivity index (χ2n) is 9.92. The molecular weight excluding hydrogens is 458 g/mol. The lowest BCUT2D eigenvalue weighted by molar-refractivity contribution is -0.117. The van der Waals surface area contributed by atoms with Crippen molar-refractivity contribution in [3.8, 4) is 22.6 Å². The number of fused-ring (bicyclic) bond motifs is 2. The molecule has 0 spiro atoms. The minimum Gasteiger partial charge on any atom is -0.453 e. The molecule has 0 atom stereocenters. The van der Waals surface area contributed by atoms with E-state index in [0.717, 1.165) is 72.0 Å². The number of carbonyl (C=O) groups is 1. The van der Waals surface area contributed by atoms with Gasteiger partial charge in [-0.15, -0.1) is 0 Å². The molecule has 0 saturated carbocycles. The monoisotopic (exact) mass is 489 g/mol. The largest absolute Gasteiger partial charge is 0.453 e. The summed E-state index contributed by atoms with van der Waals surface area (Å²) in [6.07, 6.45) is 2.39. The first-order valence-electron chi connectivity index (χ1n) is 13.0. The third-order valence-electron chi connectivity index (χ3n) is 7.43. The zero-order valence-electron chi connectivity index (χ0n) is 20.8. The van der Waals surface area contributed by atoms with Crippen LogP contribution in [-0.4, -0.2) is 29.9 Å². The molecule has 6 rings (SSSR count). The maximum atomic E-state index is 11.7. The number of nitrogens with two attached hydrogens (primary N) is 1. The van der Waals surface area contributed by atoms with Crippen molar-refractivity contribution in [3.63, 3.8) is 0 Å². The van der Waals surface area contributed by atoms with Crippen LogP contribution in [0, 0.1) is 0 Å². The van der Waals surface area contributed by atoms with Gasteiger partial charge in [0.25, 0.3) is 0 Å². The highest BCUT2D eigenvalue weighted by molar-refractivity contribution is 5.84.